The Morgan fingerprint density at radius 2 is 2.18 bits per heavy atom. The van der Waals surface area contributed by atoms with Crippen molar-refractivity contribution in [3.63, 3.8) is 0 Å². The van der Waals surface area contributed by atoms with Crippen LogP contribution in [0.25, 0.3) is 0 Å². The lowest BCUT2D eigenvalue weighted by Crippen LogP contribution is -2.45. The molecule has 1 heterocycles. The molecule has 1 aliphatic heterocycles. The van der Waals surface area contributed by atoms with Crippen molar-refractivity contribution in [1.29, 1.82) is 0 Å². The van der Waals surface area contributed by atoms with Crippen LogP contribution in [0.5, 0.6) is 0 Å². The lowest BCUT2D eigenvalue weighted by molar-refractivity contribution is -0.132. The van der Waals surface area contributed by atoms with E-state index in [1.807, 2.05) is 19.6 Å². The van der Waals surface area contributed by atoms with Crippen LogP contribution < -0.4 is 0 Å². The zero-order valence-electron chi connectivity index (χ0n) is 10.5. The number of aliphatic hydroxyl groups excluding tert-OH is 1. The van der Waals surface area contributed by atoms with Gasteiger partial charge in [0.2, 0.25) is 5.78 Å². The molecule has 17 heavy (non-hydrogen) atoms. The van der Waals surface area contributed by atoms with E-state index in [0.717, 1.165) is 6.42 Å². The van der Waals surface area contributed by atoms with Crippen LogP contribution in [0.4, 0.5) is 0 Å². The summed E-state index contributed by atoms with van der Waals surface area (Å²) in [5.74, 6) is 4.38. The van der Waals surface area contributed by atoms with Crippen LogP contribution in [-0.2, 0) is 9.53 Å². The summed E-state index contributed by atoms with van der Waals surface area (Å²) >= 11 is 0. The van der Waals surface area contributed by atoms with Crippen molar-refractivity contribution in [2.75, 3.05) is 6.61 Å². The van der Waals surface area contributed by atoms with Gasteiger partial charge in [-0.1, -0.05) is 25.6 Å². The molecule has 1 rings (SSSR count). The monoisotopic (exact) mass is 250 g/mol. The summed E-state index contributed by atoms with van der Waals surface area (Å²) in [7, 11) is -1.63. The zero-order chi connectivity index (χ0) is 13.1. The highest BCUT2D eigenvalue weighted by Crippen LogP contribution is 2.28. The normalized spacial score (nSPS) is 25.6. The largest absolute Gasteiger partial charge is 0.380 e. The molecule has 0 aromatic rings. The van der Waals surface area contributed by atoms with E-state index in [4.69, 9.17) is 11.2 Å². The Morgan fingerprint density at radius 3 is 2.59 bits per heavy atom. The molecule has 0 aliphatic carbocycles. The van der Waals surface area contributed by atoms with Crippen LogP contribution in [0.3, 0.4) is 0 Å². The average molecular weight is 250 g/mol. The van der Waals surface area contributed by atoms with Crippen LogP contribution in [-0.4, -0.2) is 37.3 Å². The van der Waals surface area contributed by atoms with Gasteiger partial charge in [-0.15, -0.1) is 12.0 Å². The topological polar surface area (TPSA) is 46.5 Å². The number of ether oxygens (including phenoxy) is 1. The van der Waals surface area contributed by atoms with E-state index in [9.17, 15) is 9.90 Å². The van der Waals surface area contributed by atoms with E-state index < -0.39 is 25.6 Å². The van der Waals surface area contributed by atoms with Gasteiger partial charge in [0.05, 0.1) is 0 Å². The zero-order valence-corrected chi connectivity index (χ0v) is 11.5. The lowest BCUT2D eigenvalue weighted by atomic mass is 9.91. The van der Waals surface area contributed by atoms with E-state index in [1.165, 1.54) is 0 Å². The molecular weight excluding hydrogens is 232 g/mol. The summed E-state index contributed by atoms with van der Waals surface area (Å²) in [5, 5.41) is 9.96. The van der Waals surface area contributed by atoms with Crippen LogP contribution in [0, 0.1) is 23.8 Å². The summed E-state index contributed by atoms with van der Waals surface area (Å²) in [6, 6.07) is 0. The second kappa shape index (κ2) is 5.06. The van der Waals surface area contributed by atoms with E-state index in [-0.39, 0.29) is 0 Å². The van der Waals surface area contributed by atoms with Gasteiger partial charge in [0.1, 0.15) is 8.07 Å². The Balaban J connectivity index is 2.82. The van der Waals surface area contributed by atoms with Gasteiger partial charge in [-0.05, 0) is 18.8 Å². The van der Waals surface area contributed by atoms with Crippen molar-refractivity contribution in [1.82, 2.24) is 0 Å². The molecule has 0 spiro atoms. The Bertz CT molecular complexity index is 397. The number of carbonyl (C=O) groups is 1. The highest BCUT2D eigenvalue weighted by Gasteiger charge is 2.44. The fraction of sp³-hybridized carbons (Fsp3) is 0.615. The van der Waals surface area contributed by atoms with Gasteiger partial charge >= 0.3 is 0 Å². The second-order valence-corrected chi connectivity index (χ2v) is 10.0. The summed E-state index contributed by atoms with van der Waals surface area (Å²) in [6.45, 7) is 6.57. The summed E-state index contributed by atoms with van der Waals surface area (Å²) in [4.78, 5) is 11.8. The Morgan fingerprint density at radius 1 is 1.53 bits per heavy atom. The van der Waals surface area contributed by atoms with E-state index in [0.29, 0.717) is 13.0 Å². The Labute approximate surface area is 104 Å². The van der Waals surface area contributed by atoms with Gasteiger partial charge in [-0.2, -0.15) is 0 Å². The number of ketones is 1. The number of aliphatic hydroxyl groups is 1. The van der Waals surface area contributed by atoms with E-state index in [1.54, 1.807) is 0 Å². The molecule has 0 bridgehead atoms. The second-order valence-electron chi connectivity index (χ2n) is 5.25. The van der Waals surface area contributed by atoms with Crippen LogP contribution in [0.2, 0.25) is 19.6 Å². The summed E-state index contributed by atoms with van der Waals surface area (Å²) in [5.41, 5.74) is 1.76. The van der Waals surface area contributed by atoms with E-state index >= 15 is 0 Å². The molecule has 0 aromatic carbocycles. The minimum absolute atomic E-state index is 0.482. The number of terminal acetylenes is 1. The van der Waals surface area contributed by atoms with Gasteiger partial charge in [-0.3, -0.25) is 4.79 Å². The van der Waals surface area contributed by atoms with E-state index in [2.05, 4.69) is 17.4 Å². The summed E-state index contributed by atoms with van der Waals surface area (Å²) in [6.07, 6.45) is 5.29. The SMILES string of the molecule is C#CC1(C(O)C(=O)C#C[Si](C)(C)C)CCCO1. The first kappa shape index (κ1) is 14.0. The molecule has 0 saturated carbocycles. The number of hydrogen-bond donors (Lipinski definition) is 1. The van der Waals surface area contributed by atoms with Crippen molar-refractivity contribution in [3.05, 3.63) is 0 Å². The van der Waals surface area contributed by atoms with Gasteiger partial charge in [0.25, 0.3) is 0 Å². The molecule has 3 nitrogen and oxygen atoms in total. The number of rotatable bonds is 2. The first-order valence-corrected chi connectivity index (χ1v) is 9.17. The molecule has 1 aliphatic rings. The standard InChI is InChI=1S/C13H18O3Si/c1-5-13(8-6-9-16-13)12(15)11(14)7-10-17(2,3)4/h1,12,15H,6,8-9H2,2-4H3. The molecule has 1 fully saturated rings. The van der Waals surface area contributed by atoms with Gasteiger partial charge in [0, 0.05) is 6.61 Å². The molecule has 2 unspecified atom stereocenters. The molecular formula is C13H18O3Si. The Kier molecular flexibility index (Phi) is 4.16. The minimum atomic E-state index is -1.63. The number of hydrogen-bond acceptors (Lipinski definition) is 3. The maximum Gasteiger partial charge on any atom is 0.237 e. The lowest BCUT2D eigenvalue weighted by Gasteiger charge is -2.25. The van der Waals surface area contributed by atoms with Crippen LogP contribution >= 0.6 is 0 Å². The van der Waals surface area contributed by atoms with Crippen LogP contribution in [0.15, 0.2) is 0 Å². The van der Waals surface area contributed by atoms with Crippen molar-refractivity contribution < 1.29 is 14.6 Å². The average Bonchev–Trinajstić information content (AvgIpc) is 2.73. The highest BCUT2D eigenvalue weighted by molar-refractivity contribution is 6.84. The molecule has 4 heteroatoms. The van der Waals surface area contributed by atoms with Crippen LogP contribution in [0.1, 0.15) is 12.8 Å². The third kappa shape index (κ3) is 3.44. The van der Waals surface area contributed by atoms with Crippen molar-refractivity contribution >= 4 is 13.9 Å². The number of Topliss-reactive ketones (excluding diaryl/α,β-unsaturated/α-hetero) is 1. The maximum absolute atomic E-state index is 11.8. The molecule has 92 valence electrons. The molecule has 2 atom stereocenters. The molecule has 1 N–H and O–H groups in total. The third-order valence-electron chi connectivity index (χ3n) is 2.55. The fourth-order valence-electron chi connectivity index (χ4n) is 1.60. The third-order valence-corrected chi connectivity index (χ3v) is 3.42. The Hall–Kier alpha value is -1.07. The molecule has 0 radical (unpaired) electrons. The van der Waals surface area contributed by atoms with Gasteiger partial charge in [0.15, 0.2) is 11.7 Å². The molecule has 0 aromatic heterocycles. The van der Waals surface area contributed by atoms with Gasteiger partial charge in [-0.25, -0.2) is 0 Å². The van der Waals surface area contributed by atoms with Crippen molar-refractivity contribution in [2.45, 2.75) is 44.2 Å². The minimum Gasteiger partial charge on any atom is -0.380 e. The predicted molar refractivity (Wildman–Crippen MR) is 68.9 cm³/mol. The predicted octanol–water partition coefficient (Wildman–Crippen LogP) is 0.980. The fourth-order valence-corrected chi connectivity index (χ4v) is 2.10. The first-order chi connectivity index (χ1) is 7.81. The first-order valence-electron chi connectivity index (χ1n) is 5.67. The maximum atomic E-state index is 11.8. The van der Waals surface area contributed by atoms with Crippen molar-refractivity contribution in [2.24, 2.45) is 0 Å². The van der Waals surface area contributed by atoms with Gasteiger partial charge < -0.3 is 9.84 Å². The summed E-state index contributed by atoms with van der Waals surface area (Å²) < 4.78 is 5.34. The molecule has 1 saturated heterocycles. The smallest absolute Gasteiger partial charge is 0.237 e. The quantitative estimate of drug-likeness (QED) is 0.587. The van der Waals surface area contributed by atoms with Crippen molar-refractivity contribution in [3.8, 4) is 23.8 Å². The number of carbonyl (C=O) groups excluding carboxylic acids is 1. The molecule has 0 amide bonds. The highest BCUT2D eigenvalue weighted by atomic mass is 28.3.